The third-order valence-corrected chi connectivity index (χ3v) is 5.59. The van der Waals surface area contributed by atoms with Crippen LogP contribution in [0.25, 0.3) is 0 Å². The molecule has 0 saturated heterocycles. The van der Waals surface area contributed by atoms with Gasteiger partial charge in [-0.1, -0.05) is 32.6 Å². The predicted molar refractivity (Wildman–Crippen MR) is 77.4 cm³/mol. The summed E-state index contributed by atoms with van der Waals surface area (Å²) in [5.41, 5.74) is -0.514. The van der Waals surface area contributed by atoms with E-state index in [0.29, 0.717) is 18.3 Å². The maximum absolute atomic E-state index is 12.1. The molecule has 0 radical (unpaired) electrons. The van der Waals surface area contributed by atoms with E-state index < -0.39 is 11.4 Å². The number of carbonyl (C=O) groups excluding carboxylic acids is 1. The third kappa shape index (κ3) is 3.15. The van der Waals surface area contributed by atoms with Crippen LogP contribution in [0.3, 0.4) is 0 Å². The SMILES string of the molecule is CCC1(CNC(=O)CC2(C(=O)O)CCCCC2)CCC1. The van der Waals surface area contributed by atoms with Crippen LogP contribution in [-0.2, 0) is 9.59 Å². The van der Waals surface area contributed by atoms with Gasteiger partial charge in [0, 0.05) is 13.0 Å². The first-order valence-corrected chi connectivity index (χ1v) is 8.02. The molecule has 2 aliphatic rings. The molecule has 2 N–H and O–H groups in total. The number of carboxylic acids is 1. The Labute approximate surface area is 121 Å². The molecule has 2 saturated carbocycles. The molecule has 0 unspecified atom stereocenters. The smallest absolute Gasteiger partial charge is 0.310 e. The molecular formula is C16H27NO3. The lowest BCUT2D eigenvalue weighted by Gasteiger charge is -2.41. The molecule has 20 heavy (non-hydrogen) atoms. The Morgan fingerprint density at radius 1 is 1.05 bits per heavy atom. The maximum Gasteiger partial charge on any atom is 0.310 e. The van der Waals surface area contributed by atoms with Crippen molar-refractivity contribution >= 4 is 11.9 Å². The molecule has 4 heteroatoms. The second-order valence-corrected chi connectivity index (χ2v) is 6.81. The van der Waals surface area contributed by atoms with E-state index in [1.54, 1.807) is 0 Å². The zero-order chi connectivity index (χ0) is 14.6. The standard InChI is InChI=1S/C16H27NO3/c1-2-15(7-6-8-15)12-17-13(18)11-16(14(19)20)9-4-3-5-10-16/h2-12H2,1H3,(H,17,18)(H,19,20). The average Bonchev–Trinajstić information content (AvgIpc) is 2.39. The van der Waals surface area contributed by atoms with E-state index in [1.807, 2.05) is 0 Å². The van der Waals surface area contributed by atoms with E-state index in [0.717, 1.165) is 32.2 Å². The zero-order valence-corrected chi connectivity index (χ0v) is 12.5. The van der Waals surface area contributed by atoms with Crippen LogP contribution in [0.2, 0.25) is 0 Å². The minimum Gasteiger partial charge on any atom is -0.481 e. The molecule has 1 amide bonds. The predicted octanol–water partition coefficient (Wildman–Crippen LogP) is 3.11. The molecule has 2 rings (SSSR count). The van der Waals surface area contributed by atoms with Gasteiger partial charge in [-0.25, -0.2) is 0 Å². The van der Waals surface area contributed by atoms with Crippen molar-refractivity contribution in [1.29, 1.82) is 0 Å². The summed E-state index contributed by atoms with van der Waals surface area (Å²) in [6.07, 6.45) is 9.12. The fraction of sp³-hybridized carbons (Fsp3) is 0.875. The average molecular weight is 281 g/mol. The summed E-state index contributed by atoms with van der Waals surface area (Å²) in [7, 11) is 0. The topological polar surface area (TPSA) is 66.4 Å². The summed E-state index contributed by atoms with van der Waals surface area (Å²) in [5.74, 6) is -0.866. The highest BCUT2D eigenvalue weighted by Gasteiger charge is 2.42. The van der Waals surface area contributed by atoms with Crippen LogP contribution >= 0.6 is 0 Å². The van der Waals surface area contributed by atoms with Crippen LogP contribution < -0.4 is 5.32 Å². The van der Waals surface area contributed by atoms with Crippen LogP contribution in [0.15, 0.2) is 0 Å². The maximum atomic E-state index is 12.1. The third-order valence-electron chi connectivity index (χ3n) is 5.59. The number of rotatable bonds is 6. The molecule has 0 heterocycles. The van der Waals surface area contributed by atoms with Crippen molar-refractivity contribution < 1.29 is 14.7 Å². The summed E-state index contributed by atoms with van der Waals surface area (Å²) in [6, 6.07) is 0. The Hall–Kier alpha value is -1.06. The van der Waals surface area contributed by atoms with E-state index in [1.165, 1.54) is 19.3 Å². The van der Waals surface area contributed by atoms with Crippen LogP contribution in [0.1, 0.15) is 71.1 Å². The van der Waals surface area contributed by atoms with E-state index >= 15 is 0 Å². The molecule has 114 valence electrons. The molecule has 0 aromatic carbocycles. The molecule has 0 atom stereocenters. The van der Waals surface area contributed by atoms with E-state index in [-0.39, 0.29) is 12.3 Å². The number of amides is 1. The van der Waals surface area contributed by atoms with E-state index in [4.69, 9.17) is 0 Å². The van der Waals surface area contributed by atoms with Crippen molar-refractivity contribution in [3.63, 3.8) is 0 Å². The molecule has 0 aromatic heterocycles. The van der Waals surface area contributed by atoms with E-state index in [9.17, 15) is 14.7 Å². The number of nitrogens with one attached hydrogen (secondary N) is 1. The van der Waals surface area contributed by atoms with Gasteiger partial charge < -0.3 is 10.4 Å². The van der Waals surface area contributed by atoms with Gasteiger partial charge in [-0.05, 0) is 37.5 Å². The number of carbonyl (C=O) groups is 2. The fourth-order valence-electron chi connectivity index (χ4n) is 3.68. The van der Waals surface area contributed by atoms with Crippen molar-refractivity contribution in [2.45, 2.75) is 71.1 Å². The van der Waals surface area contributed by atoms with Gasteiger partial charge in [-0.2, -0.15) is 0 Å². The lowest BCUT2D eigenvalue weighted by Crippen LogP contribution is -2.44. The van der Waals surface area contributed by atoms with Crippen molar-refractivity contribution in [3.05, 3.63) is 0 Å². The minimum absolute atomic E-state index is 0.0750. The Kier molecular flexibility index (Phi) is 4.71. The van der Waals surface area contributed by atoms with Gasteiger partial charge in [0.1, 0.15) is 0 Å². The number of carboxylic acid groups (broad SMARTS) is 1. The van der Waals surface area contributed by atoms with Crippen molar-refractivity contribution in [3.8, 4) is 0 Å². The molecule has 0 aromatic rings. The van der Waals surface area contributed by atoms with Gasteiger partial charge in [0.2, 0.25) is 5.91 Å². The van der Waals surface area contributed by atoms with Gasteiger partial charge in [0.15, 0.2) is 0 Å². The molecular weight excluding hydrogens is 254 g/mol. The summed E-state index contributed by atoms with van der Waals surface area (Å²) >= 11 is 0. The number of hydrogen-bond donors (Lipinski definition) is 2. The second-order valence-electron chi connectivity index (χ2n) is 6.81. The molecule has 0 bridgehead atoms. The highest BCUT2D eigenvalue weighted by molar-refractivity contribution is 5.85. The Morgan fingerprint density at radius 2 is 1.70 bits per heavy atom. The van der Waals surface area contributed by atoms with Crippen molar-refractivity contribution in [2.24, 2.45) is 10.8 Å². The highest BCUT2D eigenvalue weighted by atomic mass is 16.4. The summed E-state index contributed by atoms with van der Waals surface area (Å²) in [4.78, 5) is 23.7. The lowest BCUT2D eigenvalue weighted by atomic mass is 9.67. The monoisotopic (exact) mass is 281 g/mol. The second kappa shape index (κ2) is 6.15. The summed E-state index contributed by atoms with van der Waals surface area (Å²) < 4.78 is 0. The normalized spacial score (nSPS) is 23.6. The molecule has 4 nitrogen and oxygen atoms in total. The van der Waals surface area contributed by atoms with Gasteiger partial charge >= 0.3 is 5.97 Å². The van der Waals surface area contributed by atoms with Crippen LogP contribution in [0.5, 0.6) is 0 Å². The van der Waals surface area contributed by atoms with Gasteiger partial charge in [0.05, 0.1) is 5.41 Å². The molecule has 2 fully saturated rings. The van der Waals surface area contributed by atoms with Gasteiger partial charge in [0.25, 0.3) is 0 Å². The van der Waals surface area contributed by atoms with Crippen molar-refractivity contribution in [1.82, 2.24) is 5.32 Å². The Balaban J connectivity index is 1.87. The minimum atomic E-state index is -0.804. The first-order valence-electron chi connectivity index (χ1n) is 8.02. The zero-order valence-electron chi connectivity index (χ0n) is 12.5. The summed E-state index contributed by atoms with van der Waals surface area (Å²) in [5, 5.41) is 12.5. The first-order chi connectivity index (χ1) is 9.52. The Morgan fingerprint density at radius 3 is 2.15 bits per heavy atom. The Bertz CT molecular complexity index is 362. The van der Waals surface area contributed by atoms with Crippen LogP contribution in [-0.4, -0.2) is 23.5 Å². The molecule has 0 spiro atoms. The quantitative estimate of drug-likeness (QED) is 0.786. The van der Waals surface area contributed by atoms with Gasteiger partial charge in [-0.15, -0.1) is 0 Å². The fourth-order valence-corrected chi connectivity index (χ4v) is 3.68. The largest absolute Gasteiger partial charge is 0.481 e. The van der Waals surface area contributed by atoms with Gasteiger partial charge in [-0.3, -0.25) is 9.59 Å². The molecule has 0 aliphatic heterocycles. The summed E-state index contributed by atoms with van der Waals surface area (Å²) in [6.45, 7) is 2.89. The van der Waals surface area contributed by atoms with Crippen molar-refractivity contribution in [2.75, 3.05) is 6.54 Å². The van der Waals surface area contributed by atoms with Crippen LogP contribution in [0, 0.1) is 10.8 Å². The van der Waals surface area contributed by atoms with Crippen LogP contribution in [0.4, 0.5) is 0 Å². The molecule has 2 aliphatic carbocycles. The van der Waals surface area contributed by atoms with E-state index in [2.05, 4.69) is 12.2 Å². The lowest BCUT2D eigenvalue weighted by molar-refractivity contribution is -0.154. The number of aliphatic carboxylic acids is 1. The first kappa shape index (κ1) is 15.3. The number of hydrogen-bond acceptors (Lipinski definition) is 2. The highest BCUT2D eigenvalue weighted by Crippen LogP contribution is 2.43.